The van der Waals surface area contributed by atoms with Crippen LogP contribution in [0.5, 0.6) is 0 Å². The predicted molar refractivity (Wildman–Crippen MR) is 58.1 cm³/mol. The van der Waals surface area contributed by atoms with Gasteiger partial charge in [-0.3, -0.25) is 0 Å². The van der Waals surface area contributed by atoms with Gasteiger partial charge in [0, 0.05) is 5.02 Å². The Morgan fingerprint density at radius 2 is 2.15 bits per heavy atom. The SMILES string of the molecule is Cc1ccc(CC(C)CN)cc1Cl. The van der Waals surface area contributed by atoms with E-state index in [1.54, 1.807) is 0 Å². The molecule has 0 amide bonds. The number of benzene rings is 1. The Kier molecular flexibility index (Phi) is 3.76. The summed E-state index contributed by atoms with van der Waals surface area (Å²) in [6.07, 6.45) is 1.01. The molecule has 1 nitrogen and oxygen atoms in total. The lowest BCUT2D eigenvalue weighted by Gasteiger charge is -2.09. The van der Waals surface area contributed by atoms with Crippen molar-refractivity contribution in [2.24, 2.45) is 11.7 Å². The smallest absolute Gasteiger partial charge is 0.0437 e. The first kappa shape index (κ1) is 10.6. The molecule has 0 saturated carbocycles. The molecule has 0 aromatic heterocycles. The molecule has 1 rings (SSSR count). The maximum absolute atomic E-state index is 6.01. The standard InChI is InChI=1S/C11H16ClN/c1-8(7-13)5-10-4-3-9(2)11(12)6-10/h3-4,6,8H,5,7,13H2,1-2H3. The van der Waals surface area contributed by atoms with Crippen LogP contribution in [0, 0.1) is 12.8 Å². The summed E-state index contributed by atoms with van der Waals surface area (Å²) in [4.78, 5) is 0. The lowest BCUT2D eigenvalue weighted by Crippen LogP contribution is -2.13. The number of aryl methyl sites for hydroxylation is 1. The van der Waals surface area contributed by atoms with Gasteiger partial charge in [0.25, 0.3) is 0 Å². The van der Waals surface area contributed by atoms with Crippen molar-refractivity contribution in [2.45, 2.75) is 20.3 Å². The zero-order chi connectivity index (χ0) is 9.84. The van der Waals surface area contributed by atoms with Gasteiger partial charge in [0.1, 0.15) is 0 Å². The molecular weight excluding hydrogens is 182 g/mol. The van der Waals surface area contributed by atoms with Crippen LogP contribution in [0.1, 0.15) is 18.1 Å². The van der Waals surface area contributed by atoms with E-state index in [0.717, 1.165) is 23.6 Å². The van der Waals surface area contributed by atoms with Crippen LogP contribution in [0.2, 0.25) is 5.02 Å². The van der Waals surface area contributed by atoms with E-state index in [-0.39, 0.29) is 0 Å². The molecule has 1 unspecified atom stereocenters. The van der Waals surface area contributed by atoms with Crippen LogP contribution in [-0.4, -0.2) is 6.54 Å². The summed E-state index contributed by atoms with van der Waals surface area (Å²) in [7, 11) is 0. The van der Waals surface area contributed by atoms with Crippen LogP contribution in [0.15, 0.2) is 18.2 Å². The maximum Gasteiger partial charge on any atom is 0.0437 e. The first-order valence-corrected chi connectivity index (χ1v) is 4.96. The van der Waals surface area contributed by atoms with Gasteiger partial charge in [-0.1, -0.05) is 30.7 Å². The van der Waals surface area contributed by atoms with E-state index in [0.29, 0.717) is 5.92 Å². The second-order valence-electron chi connectivity index (χ2n) is 3.63. The third kappa shape index (κ3) is 3.02. The number of hydrogen-bond acceptors (Lipinski definition) is 1. The molecule has 1 aromatic rings. The minimum Gasteiger partial charge on any atom is -0.330 e. The van der Waals surface area contributed by atoms with Gasteiger partial charge in [-0.05, 0) is 43.0 Å². The van der Waals surface area contributed by atoms with Crippen LogP contribution in [0.25, 0.3) is 0 Å². The van der Waals surface area contributed by atoms with Crippen molar-refractivity contribution in [3.8, 4) is 0 Å². The van der Waals surface area contributed by atoms with E-state index in [1.165, 1.54) is 5.56 Å². The van der Waals surface area contributed by atoms with E-state index in [9.17, 15) is 0 Å². The number of rotatable bonds is 3. The maximum atomic E-state index is 6.01. The summed E-state index contributed by atoms with van der Waals surface area (Å²) in [5.74, 6) is 0.527. The van der Waals surface area contributed by atoms with Gasteiger partial charge in [0.05, 0.1) is 0 Å². The summed E-state index contributed by atoms with van der Waals surface area (Å²) in [6, 6.07) is 6.21. The van der Waals surface area contributed by atoms with E-state index in [2.05, 4.69) is 19.1 Å². The third-order valence-corrected chi connectivity index (χ3v) is 2.63. The molecule has 0 fully saturated rings. The fraction of sp³-hybridized carbons (Fsp3) is 0.455. The molecular formula is C11H16ClN. The number of nitrogens with two attached hydrogens (primary N) is 1. The fourth-order valence-corrected chi connectivity index (χ4v) is 1.45. The van der Waals surface area contributed by atoms with E-state index in [1.807, 2.05) is 13.0 Å². The Hall–Kier alpha value is -0.530. The molecule has 0 spiro atoms. The van der Waals surface area contributed by atoms with Gasteiger partial charge >= 0.3 is 0 Å². The van der Waals surface area contributed by atoms with Gasteiger partial charge in [-0.2, -0.15) is 0 Å². The molecule has 0 aliphatic carbocycles. The van der Waals surface area contributed by atoms with Crippen LogP contribution >= 0.6 is 11.6 Å². The zero-order valence-electron chi connectivity index (χ0n) is 8.18. The Balaban J connectivity index is 2.73. The average Bonchev–Trinajstić information content (AvgIpc) is 2.11. The van der Waals surface area contributed by atoms with Gasteiger partial charge in [-0.15, -0.1) is 0 Å². The van der Waals surface area contributed by atoms with Gasteiger partial charge < -0.3 is 5.73 Å². The first-order valence-electron chi connectivity index (χ1n) is 4.58. The summed E-state index contributed by atoms with van der Waals surface area (Å²) in [5.41, 5.74) is 7.96. The summed E-state index contributed by atoms with van der Waals surface area (Å²) in [5, 5.41) is 0.849. The summed E-state index contributed by atoms with van der Waals surface area (Å²) in [6.45, 7) is 4.89. The minimum absolute atomic E-state index is 0.527. The highest BCUT2D eigenvalue weighted by Crippen LogP contribution is 2.18. The summed E-state index contributed by atoms with van der Waals surface area (Å²) >= 11 is 6.01. The molecule has 0 aliphatic heterocycles. The molecule has 2 heteroatoms. The first-order chi connectivity index (χ1) is 6.13. The molecule has 1 atom stereocenters. The Bertz CT molecular complexity index is 283. The van der Waals surface area contributed by atoms with Gasteiger partial charge in [0.15, 0.2) is 0 Å². The second-order valence-corrected chi connectivity index (χ2v) is 4.04. The number of halogens is 1. The molecule has 2 N–H and O–H groups in total. The lowest BCUT2D eigenvalue weighted by atomic mass is 10.0. The van der Waals surface area contributed by atoms with Crippen molar-refractivity contribution < 1.29 is 0 Å². The Morgan fingerprint density at radius 3 is 2.69 bits per heavy atom. The van der Waals surface area contributed by atoms with Crippen LogP contribution in [0.4, 0.5) is 0 Å². The predicted octanol–water partition coefficient (Wildman–Crippen LogP) is 2.79. The normalized spacial score (nSPS) is 12.9. The zero-order valence-corrected chi connectivity index (χ0v) is 8.93. The van der Waals surface area contributed by atoms with Crippen molar-refractivity contribution >= 4 is 11.6 Å². The largest absolute Gasteiger partial charge is 0.330 e. The van der Waals surface area contributed by atoms with Crippen molar-refractivity contribution in [1.82, 2.24) is 0 Å². The van der Waals surface area contributed by atoms with Crippen molar-refractivity contribution in [3.05, 3.63) is 34.3 Å². The van der Waals surface area contributed by atoms with Gasteiger partial charge in [0.2, 0.25) is 0 Å². The quantitative estimate of drug-likeness (QED) is 0.793. The third-order valence-electron chi connectivity index (χ3n) is 2.22. The monoisotopic (exact) mass is 197 g/mol. The van der Waals surface area contributed by atoms with E-state index < -0.39 is 0 Å². The second kappa shape index (κ2) is 4.64. The van der Waals surface area contributed by atoms with Crippen molar-refractivity contribution in [3.63, 3.8) is 0 Å². The van der Waals surface area contributed by atoms with Crippen LogP contribution in [0.3, 0.4) is 0 Å². The molecule has 0 radical (unpaired) electrons. The lowest BCUT2D eigenvalue weighted by molar-refractivity contribution is 0.593. The van der Waals surface area contributed by atoms with E-state index in [4.69, 9.17) is 17.3 Å². The molecule has 13 heavy (non-hydrogen) atoms. The highest BCUT2D eigenvalue weighted by molar-refractivity contribution is 6.31. The Morgan fingerprint density at radius 1 is 1.46 bits per heavy atom. The molecule has 0 saturated heterocycles. The molecule has 1 aromatic carbocycles. The van der Waals surface area contributed by atoms with Gasteiger partial charge in [-0.25, -0.2) is 0 Å². The highest BCUT2D eigenvalue weighted by atomic mass is 35.5. The van der Waals surface area contributed by atoms with E-state index >= 15 is 0 Å². The molecule has 0 heterocycles. The van der Waals surface area contributed by atoms with Crippen LogP contribution < -0.4 is 5.73 Å². The topological polar surface area (TPSA) is 26.0 Å². The minimum atomic E-state index is 0.527. The summed E-state index contributed by atoms with van der Waals surface area (Å²) < 4.78 is 0. The number of hydrogen-bond donors (Lipinski definition) is 1. The average molecular weight is 198 g/mol. The Labute approximate surface area is 84.9 Å². The molecule has 0 bridgehead atoms. The molecule has 0 aliphatic rings. The van der Waals surface area contributed by atoms with Crippen molar-refractivity contribution in [2.75, 3.05) is 6.54 Å². The fourth-order valence-electron chi connectivity index (χ4n) is 1.25. The molecule has 72 valence electrons. The van der Waals surface area contributed by atoms with Crippen LogP contribution in [-0.2, 0) is 6.42 Å². The van der Waals surface area contributed by atoms with Crippen molar-refractivity contribution in [1.29, 1.82) is 0 Å². The highest BCUT2D eigenvalue weighted by Gasteiger charge is 2.02.